The van der Waals surface area contributed by atoms with Crippen molar-refractivity contribution in [1.82, 2.24) is 19.8 Å². The highest BCUT2D eigenvalue weighted by molar-refractivity contribution is 5.84. The third kappa shape index (κ3) is 6.86. The van der Waals surface area contributed by atoms with Crippen molar-refractivity contribution >= 4 is 22.9 Å². The molecule has 202 valence electrons. The molecule has 2 heterocycles. The third-order valence-corrected chi connectivity index (χ3v) is 6.57. The van der Waals surface area contributed by atoms with Crippen molar-refractivity contribution in [2.24, 2.45) is 0 Å². The lowest BCUT2D eigenvalue weighted by atomic mass is 10.1. The fourth-order valence-electron chi connectivity index (χ4n) is 4.77. The predicted octanol–water partition coefficient (Wildman–Crippen LogP) is 5.02. The monoisotopic (exact) mass is 520 g/mol. The summed E-state index contributed by atoms with van der Waals surface area (Å²) in [7, 11) is 1.38. The van der Waals surface area contributed by atoms with Gasteiger partial charge in [-0.25, -0.2) is 9.37 Å². The summed E-state index contributed by atoms with van der Waals surface area (Å²) in [5, 5.41) is 3.32. The summed E-state index contributed by atoms with van der Waals surface area (Å²) in [6.45, 7) is 8.78. The van der Waals surface area contributed by atoms with Crippen LogP contribution in [0.5, 0.6) is 5.75 Å². The number of halogens is 1. The van der Waals surface area contributed by atoms with Crippen molar-refractivity contribution in [3.63, 3.8) is 0 Å². The first-order valence-corrected chi connectivity index (χ1v) is 13.2. The van der Waals surface area contributed by atoms with Crippen molar-refractivity contribution in [1.29, 1.82) is 0 Å². The van der Waals surface area contributed by atoms with E-state index in [1.807, 2.05) is 45.0 Å². The normalized spacial score (nSPS) is 14.8. The molecule has 0 aliphatic carbocycles. The van der Waals surface area contributed by atoms with Gasteiger partial charge in [-0.3, -0.25) is 14.2 Å². The van der Waals surface area contributed by atoms with Crippen LogP contribution in [0.4, 0.5) is 4.39 Å². The van der Waals surface area contributed by atoms with Crippen molar-refractivity contribution in [3.05, 3.63) is 64.2 Å². The Hall–Kier alpha value is -3.52. The molecule has 7 nitrogen and oxygen atoms in total. The number of carbonyl (C=O) groups excluding carboxylic acids is 1. The van der Waals surface area contributed by atoms with E-state index in [2.05, 4.69) is 16.3 Å². The largest absolute Gasteiger partial charge is 0.494 e. The Morgan fingerprint density at radius 2 is 1.89 bits per heavy atom. The van der Waals surface area contributed by atoms with Crippen molar-refractivity contribution < 1.29 is 13.9 Å². The molecule has 4 rings (SSSR count). The lowest BCUT2D eigenvalue weighted by Gasteiger charge is -2.25. The predicted molar refractivity (Wildman–Crippen MR) is 150 cm³/mol. The van der Waals surface area contributed by atoms with Gasteiger partial charge in [0.2, 0.25) is 5.91 Å². The number of rotatable bonds is 8. The van der Waals surface area contributed by atoms with Crippen molar-refractivity contribution in [3.8, 4) is 17.1 Å². The van der Waals surface area contributed by atoms with E-state index >= 15 is 0 Å². The quantitative estimate of drug-likeness (QED) is 0.452. The zero-order chi connectivity index (χ0) is 27.3. The van der Waals surface area contributed by atoms with Crippen LogP contribution in [0.15, 0.2) is 47.3 Å². The Kier molecular flexibility index (Phi) is 8.62. The van der Waals surface area contributed by atoms with Crippen LogP contribution in [0, 0.1) is 5.82 Å². The van der Waals surface area contributed by atoms with Gasteiger partial charge in [-0.2, -0.15) is 0 Å². The SMILES string of the molecule is COc1cc(-c2nc3ccc(C=CCCN4CCCCC4)cc3c(=O)n2CC(=O)NC(C)(C)C)ccc1F. The number of hydrogen-bond acceptors (Lipinski definition) is 5. The van der Waals surface area contributed by atoms with E-state index in [-0.39, 0.29) is 29.6 Å². The summed E-state index contributed by atoms with van der Waals surface area (Å²) in [5.74, 6) is -0.528. The fourth-order valence-corrected chi connectivity index (χ4v) is 4.77. The number of fused-ring (bicyclic) bond motifs is 1. The minimum Gasteiger partial charge on any atom is -0.494 e. The average Bonchev–Trinajstić information content (AvgIpc) is 2.88. The van der Waals surface area contributed by atoms with Gasteiger partial charge >= 0.3 is 0 Å². The number of ether oxygens (including phenoxy) is 1. The molecular formula is C30H37FN4O3. The lowest BCUT2D eigenvalue weighted by molar-refractivity contribution is -0.123. The average molecular weight is 521 g/mol. The molecule has 1 aromatic heterocycles. The molecule has 0 bridgehead atoms. The highest BCUT2D eigenvalue weighted by Gasteiger charge is 2.20. The van der Waals surface area contributed by atoms with Gasteiger partial charge in [-0.1, -0.05) is 24.6 Å². The van der Waals surface area contributed by atoms with Crippen LogP contribution >= 0.6 is 0 Å². The molecule has 0 spiro atoms. The molecule has 2 aromatic carbocycles. The Balaban J connectivity index is 1.69. The molecular weight excluding hydrogens is 483 g/mol. The van der Waals surface area contributed by atoms with Gasteiger partial charge in [0.1, 0.15) is 12.4 Å². The van der Waals surface area contributed by atoms with Crippen molar-refractivity contribution in [2.45, 2.75) is 58.5 Å². The maximum atomic E-state index is 14.1. The van der Waals surface area contributed by atoms with Crippen LogP contribution < -0.4 is 15.6 Å². The molecule has 1 amide bonds. The van der Waals surface area contributed by atoms with Crippen LogP contribution in [0.3, 0.4) is 0 Å². The van der Waals surface area contributed by atoms with Crippen LogP contribution in [-0.4, -0.2) is 52.6 Å². The summed E-state index contributed by atoms with van der Waals surface area (Å²) >= 11 is 0. The van der Waals surface area contributed by atoms with Crippen molar-refractivity contribution in [2.75, 3.05) is 26.7 Å². The molecule has 1 N–H and O–H groups in total. The number of amides is 1. The molecule has 0 radical (unpaired) electrons. The summed E-state index contributed by atoms with van der Waals surface area (Å²) in [4.78, 5) is 33.8. The Labute approximate surface area is 223 Å². The van der Waals surface area contributed by atoms with Crippen LogP contribution in [0.25, 0.3) is 28.4 Å². The van der Waals surface area contributed by atoms with E-state index in [1.54, 1.807) is 0 Å². The molecule has 38 heavy (non-hydrogen) atoms. The molecule has 1 aliphatic heterocycles. The summed E-state index contributed by atoms with van der Waals surface area (Å²) in [6.07, 6.45) is 8.97. The number of piperidine rings is 1. The highest BCUT2D eigenvalue weighted by Crippen LogP contribution is 2.26. The summed E-state index contributed by atoms with van der Waals surface area (Å²) in [5.41, 5.74) is 1.09. The van der Waals surface area contributed by atoms with Gasteiger partial charge < -0.3 is 15.0 Å². The number of methoxy groups -OCH3 is 1. The standard InChI is InChI=1S/C30H37FN4O3/c1-30(2,3)33-27(36)20-35-28(22-12-13-24(31)26(19-22)38-4)32-25-14-11-21(18-23(25)29(35)37)10-6-9-17-34-15-7-5-8-16-34/h6,10-14,18-19H,5,7-9,15-17,20H2,1-4H3,(H,33,36). The van der Waals surface area contributed by atoms with Gasteiger partial charge in [0.05, 0.1) is 18.0 Å². The molecule has 0 unspecified atom stereocenters. The van der Waals surface area contributed by atoms with E-state index in [4.69, 9.17) is 9.72 Å². The number of carbonyl (C=O) groups is 1. The van der Waals surface area contributed by atoms with Crippen LogP contribution in [0.1, 0.15) is 52.0 Å². The topological polar surface area (TPSA) is 76.5 Å². The molecule has 0 atom stereocenters. The first-order chi connectivity index (χ1) is 18.1. The number of likely N-dealkylation sites (tertiary alicyclic amines) is 1. The Morgan fingerprint density at radius 1 is 1.13 bits per heavy atom. The maximum Gasteiger partial charge on any atom is 0.262 e. The highest BCUT2D eigenvalue weighted by atomic mass is 19.1. The molecule has 1 aliphatic rings. The second-order valence-corrected chi connectivity index (χ2v) is 10.8. The fraction of sp³-hybridized carbons (Fsp3) is 0.433. The zero-order valence-corrected chi connectivity index (χ0v) is 22.7. The van der Waals surface area contributed by atoms with Crippen LogP contribution in [-0.2, 0) is 11.3 Å². The molecule has 8 heteroatoms. The Morgan fingerprint density at radius 3 is 2.61 bits per heavy atom. The maximum absolute atomic E-state index is 14.1. The smallest absolute Gasteiger partial charge is 0.262 e. The van der Waals surface area contributed by atoms with E-state index < -0.39 is 11.4 Å². The Bertz CT molecular complexity index is 1380. The van der Waals surface area contributed by atoms with Gasteiger partial charge in [0.15, 0.2) is 11.6 Å². The van der Waals surface area contributed by atoms with Crippen LogP contribution in [0.2, 0.25) is 0 Å². The van der Waals surface area contributed by atoms with Gasteiger partial charge in [-0.15, -0.1) is 0 Å². The minimum atomic E-state index is -0.520. The lowest BCUT2D eigenvalue weighted by Crippen LogP contribution is -2.43. The van der Waals surface area contributed by atoms with E-state index in [9.17, 15) is 14.0 Å². The third-order valence-electron chi connectivity index (χ3n) is 6.57. The summed E-state index contributed by atoms with van der Waals surface area (Å²) < 4.78 is 20.6. The number of benzene rings is 2. The first-order valence-electron chi connectivity index (χ1n) is 13.2. The zero-order valence-electron chi connectivity index (χ0n) is 22.7. The summed E-state index contributed by atoms with van der Waals surface area (Å²) in [6, 6.07) is 9.84. The molecule has 3 aromatic rings. The first kappa shape index (κ1) is 27.5. The van der Waals surface area contributed by atoms with E-state index in [0.29, 0.717) is 16.5 Å². The molecule has 1 fully saturated rings. The van der Waals surface area contributed by atoms with E-state index in [1.165, 1.54) is 62.2 Å². The van der Waals surface area contributed by atoms with Gasteiger partial charge in [0, 0.05) is 17.6 Å². The molecule has 0 saturated carbocycles. The molecule has 1 saturated heterocycles. The van der Waals surface area contributed by atoms with Gasteiger partial charge in [0.25, 0.3) is 5.56 Å². The van der Waals surface area contributed by atoms with E-state index in [0.717, 1.165) is 18.5 Å². The second-order valence-electron chi connectivity index (χ2n) is 10.8. The van der Waals surface area contributed by atoms with Gasteiger partial charge in [-0.05, 0) is 89.0 Å². The number of nitrogens with zero attached hydrogens (tertiary/aromatic N) is 3. The second kappa shape index (κ2) is 11.9. The minimum absolute atomic E-state index is 0.0348. The number of hydrogen-bond donors (Lipinski definition) is 1. The number of aromatic nitrogens is 2. The number of nitrogens with one attached hydrogen (secondary N) is 1.